The Kier molecular flexibility index (Phi) is 7.89. The molecule has 0 aliphatic carbocycles. The number of methoxy groups -OCH3 is 1. The van der Waals surface area contributed by atoms with Crippen LogP contribution in [0.4, 0.5) is 16.2 Å². The molecule has 1 atom stereocenters. The van der Waals surface area contributed by atoms with Crippen LogP contribution in [-0.2, 0) is 9.53 Å². The number of H-pyrrole nitrogens is 1. The predicted molar refractivity (Wildman–Crippen MR) is 148 cm³/mol. The molecule has 1 saturated heterocycles. The van der Waals surface area contributed by atoms with Gasteiger partial charge in [-0.2, -0.15) is 0 Å². The molecule has 1 aromatic heterocycles. The van der Waals surface area contributed by atoms with Crippen LogP contribution in [0.5, 0.6) is 11.5 Å². The molecule has 4 N–H and O–H groups in total. The second-order valence-electron chi connectivity index (χ2n) is 10.4. The maximum atomic E-state index is 12.9. The number of ether oxygens (including phenoxy) is 3. The van der Waals surface area contributed by atoms with Crippen molar-refractivity contribution in [2.24, 2.45) is 0 Å². The van der Waals surface area contributed by atoms with E-state index in [1.807, 2.05) is 75.2 Å². The summed E-state index contributed by atoms with van der Waals surface area (Å²) in [5.41, 5.74) is 8.72. The van der Waals surface area contributed by atoms with Gasteiger partial charge >= 0.3 is 6.09 Å². The molecule has 0 bridgehead atoms. The number of nitrogens with one attached hydrogen (secondary N) is 2. The summed E-state index contributed by atoms with van der Waals surface area (Å²) in [6.07, 6.45) is 1.38. The third-order valence-electron chi connectivity index (χ3n) is 6.42. The number of nitrogen functional groups attached to an aromatic ring is 1. The molecule has 10 nitrogen and oxygen atoms in total. The van der Waals surface area contributed by atoms with Crippen LogP contribution in [0.15, 0.2) is 42.6 Å². The molecule has 2 heterocycles. The third-order valence-corrected chi connectivity index (χ3v) is 6.42. The largest absolute Gasteiger partial charge is 0.495 e. The van der Waals surface area contributed by atoms with Crippen molar-refractivity contribution in [2.75, 3.05) is 50.5 Å². The van der Waals surface area contributed by atoms with E-state index >= 15 is 0 Å². The van der Waals surface area contributed by atoms with E-state index in [9.17, 15) is 9.59 Å². The standard InChI is InChI=1S/C28H37N5O5/c1-18(31-27(35)38-28(2,3)4)22-16-30-23-8-7-20(15-21(22)23)37-17-26(34)33-12-10-32(11-13-33)24-9-6-19(29)14-25(24)36-5/h6-9,14-16,18,30H,10-13,17,29H2,1-5H3,(H,31,35). The number of benzene rings is 2. The summed E-state index contributed by atoms with van der Waals surface area (Å²) in [6.45, 7) is 9.86. The summed E-state index contributed by atoms with van der Waals surface area (Å²) in [5, 5.41) is 3.78. The first-order chi connectivity index (χ1) is 18.0. The van der Waals surface area contributed by atoms with Crippen LogP contribution in [0.3, 0.4) is 0 Å². The van der Waals surface area contributed by atoms with Crippen molar-refractivity contribution in [2.45, 2.75) is 39.3 Å². The molecule has 2 aromatic carbocycles. The first kappa shape index (κ1) is 27.0. The van der Waals surface area contributed by atoms with Crippen LogP contribution < -0.4 is 25.4 Å². The summed E-state index contributed by atoms with van der Waals surface area (Å²) in [4.78, 5) is 32.3. The summed E-state index contributed by atoms with van der Waals surface area (Å²) >= 11 is 0. The molecule has 0 saturated carbocycles. The number of anilines is 2. The lowest BCUT2D eigenvalue weighted by molar-refractivity contribution is -0.133. The number of fused-ring (bicyclic) bond motifs is 1. The Balaban J connectivity index is 1.34. The van der Waals surface area contributed by atoms with Gasteiger partial charge in [0.1, 0.15) is 17.1 Å². The minimum absolute atomic E-state index is 0.0534. The topological polar surface area (TPSA) is 122 Å². The van der Waals surface area contributed by atoms with E-state index in [1.165, 1.54) is 0 Å². The average molecular weight is 524 g/mol. The Morgan fingerprint density at radius 2 is 1.84 bits per heavy atom. The fraction of sp³-hybridized carbons (Fsp3) is 0.429. The number of aromatic nitrogens is 1. The minimum atomic E-state index is -0.576. The number of amides is 2. The highest BCUT2D eigenvalue weighted by Gasteiger charge is 2.24. The van der Waals surface area contributed by atoms with E-state index in [2.05, 4.69) is 15.2 Å². The molecular weight excluding hydrogens is 486 g/mol. The van der Waals surface area contributed by atoms with Gasteiger partial charge in [-0.25, -0.2) is 4.79 Å². The number of carbonyl (C=O) groups is 2. The van der Waals surface area contributed by atoms with Crippen molar-refractivity contribution in [1.82, 2.24) is 15.2 Å². The van der Waals surface area contributed by atoms with Gasteiger partial charge in [-0.3, -0.25) is 4.79 Å². The lowest BCUT2D eigenvalue weighted by Crippen LogP contribution is -2.50. The number of nitrogens with zero attached hydrogens (tertiary/aromatic N) is 2. The number of carbonyl (C=O) groups excluding carboxylic acids is 2. The van der Waals surface area contributed by atoms with Crippen LogP contribution in [0.1, 0.15) is 39.3 Å². The Morgan fingerprint density at radius 1 is 1.11 bits per heavy atom. The van der Waals surface area contributed by atoms with Crippen molar-refractivity contribution in [3.05, 3.63) is 48.2 Å². The molecule has 3 aromatic rings. The molecule has 38 heavy (non-hydrogen) atoms. The van der Waals surface area contributed by atoms with Gasteiger partial charge in [0.25, 0.3) is 5.91 Å². The van der Waals surface area contributed by atoms with E-state index in [-0.39, 0.29) is 18.6 Å². The van der Waals surface area contributed by atoms with Gasteiger partial charge in [0, 0.05) is 55.0 Å². The summed E-state index contributed by atoms with van der Waals surface area (Å²) in [7, 11) is 1.63. The van der Waals surface area contributed by atoms with Crippen LogP contribution in [0, 0.1) is 0 Å². The van der Waals surface area contributed by atoms with Gasteiger partial charge in [0.15, 0.2) is 6.61 Å². The Morgan fingerprint density at radius 3 is 2.53 bits per heavy atom. The lowest BCUT2D eigenvalue weighted by Gasteiger charge is -2.36. The van der Waals surface area contributed by atoms with Gasteiger partial charge < -0.3 is 40.0 Å². The van der Waals surface area contributed by atoms with Gasteiger partial charge in [0.2, 0.25) is 0 Å². The Bertz CT molecular complexity index is 1290. The fourth-order valence-electron chi connectivity index (χ4n) is 4.52. The second-order valence-corrected chi connectivity index (χ2v) is 10.4. The zero-order chi connectivity index (χ0) is 27.4. The van der Waals surface area contributed by atoms with Crippen LogP contribution in [0.25, 0.3) is 10.9 Å². The van der Waals surface area contributed by atoms with E-state index in [1.54, 1.807) is 7.11 Å². The molecular formula is C28H37N5O5. The smallest absolute Gasteiger partial charge is 0.408 e. The molecule has 0 radical (unpaired) electrons. The van der Waals surface area contributed by atoms with Crippen LogP contribution in [-0.4, -0.2) is 67.4 Å². The maximum Gasteiger partial charge on any atom is 0.408 e. The Labute approximate surface area is 223 Å². The van der Waals surface area contributed by atoms with Gasteiger partial charge in [-0.1, -0.05) is 0 Å². The number of nitrogens with two attached hydrogens (primary N) is 1. The highest BCUT2D eigenvalue weighted by molar-refractivity contribution is 5.86. The number of aromatic amines is 1. The zero-order valence-corrected chi connectivity index (χ0v) is 22.7. The zero-order valence-electron chi connectivity index (χ0n) is 22.7. The van der Waals surface area contributed by atoms with Gasteiger partial charge in [-0.05, 0) is 63.6 Å². The molecule has 204 valence electrons. The molecule has 1 unspecified atom stereocenters. The number of piperazine rings is 1. The molecule has 0 spiro atoms. The van der Waals surface area contributed by atoms with E-state index in [4.69, 9.17) is 19.9 Å². The summed E-state index contributed by atoms with van der Waals surface area (Å²) in [5.74, 6) is 1.24. The van der Waals surface area contributed by atoms with E-state index in [0.29, 0.717) is 37.6 Å². The molecule has 4 rings (SSSR count). The SMILES string of the molecule is COc1cc(N)ccc1N1CCN(C(=O)COc2ccc3[nH]cc(C(C)NC(=O)OC(C)(C)C)c3c2)CC1. The average Bonchev–Trinajstić information content (AvgIpc) is 3.29. The first-order valence-corrected chi connectivity index (χ1v) is 12.7. The molecule has 1 aliphatic heterocycles. The number of rotatable bonds is 7. The maximum absolute atomic E-state index is 12.9. The second kappa shape index (κ2) is 11.1. The number of hydrogen-bond donors (Lipinski definition) is 3. The number of alkyl carbamates (subject to hydrolysis) is 1. The molecule has 1 aliphatic rings. The monoisotopic (exact) mass is 523 g/mol. The highest BCUT2D eigenvalue weighted by Crippen LogP contribution is 2.31. The molecule has 10 heteroatoms. The van der Waals surface area contributed by atoms with Crippen molar-refractivity contribution < 1.29 is 23.8 Å². The molecule has 1 fully saturated rings. The van der Waals surface area contributed by atoms with Gasteiger partial charge in [-0.15, -0.1) is 0 Å². The van der Waals surface area contributed by atoms with Crippen LogP contribution >= 0.6 is 0 Å². The van der Waals surface area contributed by atoms with Gasteiger partial charge in [0.05, 0.1) is 18.8 Å². The van der Waals surface area contributed by atoms with Crippen molar-refractivity contribution in [1.29, 1.82) is 0 Å². The third kappa shape index (κ3) is 6.42. The highest BCUT2D eigenvalue weighted by atomic mass is 16.6. The van der Waals surface area contributed by atoms with Crippen molar-refractivity contribution in [3.8, 4) is 11.5 Å². The normalized spacial score (nSPS) is 14.8. The van der Waals surface area contributed by atoms with E-state index < -0.39 is 11.7 Å². The number of hydrogen-bond acceptors (Lipinski definition) is 7. The predicted octanol–water partition coefficient (Wildman–Crippen LogP) is 4.07. The summed E-state index contributed by atoms with van der Waals surface area (Å²) in [6, 6.07) is 10.9. The quantitative estimate of drug-likeness (QED) is 0.399. The lowest BCUT2D eigenvalue weighted by atomic mass is 10.1. The Hall–Kier alpha value is -4.08. The summed E-state index contributed by atoms with van der Waals surface area (Å²) < 4.78 is 16.7. The minimum Gasteiger partial charge on any atom is -0.495 e. The van der Waals surface area contributed by atoms with Crippen molar-refractivity contribution >= 4 is 34.3 Å². The van der Waals surface area contributed by atoms with E-state index in [0.717, 1.165) is 27.9 Å². The van der Waals surface area contributed by atoms with Crippen LogP contribution in [0.2, 0.25) is 0 Å². The van der Waals surface area contributed by atoms with Crippen molar-refractivity contribution in [3.63, 3.8) is 0 Å². The fourth-order valence-corrected chi connectivity index (χ4v) is 4.52. The first-order valence-electron chi connectivity index (χ1n) is 12.7. The molecule has 2 amide bonds.